The summed E-state index contributed by atoms with van der Waals surface area (Å²) in [6.45, 7) is 0. The van der Waals surface area contributed by atoms with Crippen LogP contribution in [0.25, 0.3) is 10.9 Å². The number of aromatic hydroxyl groups is 1. The molecule has 3 aromatic rings. The number of carbonyl (C=O) groups is 1. The molecule has 1 amide bonds. The fourth-order valence-electron chi connectivity index (χ4n) is 2.26. The molecule has 0 spiro atoms. The van der Waals surface area contributed by atoms with Crippen molar-refractivity contribution in [3.05, 3.63) is 64.8 Å². The minimum atomic E-state index is -0.285. The lowest BCUT2D eigenvalue weighted by molar-refractivity contribution is 0.0990. The van der Waals surface area contributed by atoms with Crippen LogP contribution in [0, 0.1) is 0 Å². The highest BCUT2D eigenvalue weighted by molar-refractivity contribution is 9.10. The number of anilines is 1. The number of phenolic OH excluding ortho intramolecular Hbond substituents is 1. The summed E-state index contributed by atoms with van der Waals surface area (Å²) in [6.07, 6.45) is 1.59. The van der Waals surface area contributed by atoms with Crippen LogP contribution < -0.4 is 4.90 Å². The van der Waals surface area contributed by atoms with Crippen molar-refractivity contribution in [1.82, 2.24) is 4.98 Å². The molecule has 0 fully saturated rings. The van der Waals surface area contributed by atoms with Crippen molar-refractivity contribution in [3.8, 4) is 5.75 Å². The number of rotatable bonds is 2. The van der Waals surface area contributed by atoms with Crippen LogP contribution in [0.5, 0.6) is 5.75 Å². The maximum Gasteiger partial charge on any atom is 0.261 e. The summed E-state index contributed by atoms with van der Waals surface area (Å²) in [5.74, 6) is -0.376. The summed E-state index contributed by atoms with van der Waals surface area (Å²) in [6, 6.07) is 14.4. The number of benzene rings is 2. The van der Waals surface area contributed by atoms with Crippen LogP contribution >= 0.6 is 15.9 Å². The van der Waals surface area contributed by atoms with Gasteiger partial charge >= 0.3 is 0 Å². The van der Waals surface area contributed by atoms with E-state index in [0.717, 1.165) is 15.5 Å². The molecule has 1 aromatic heterocycles. The van der Waals surface area contributed by atoms with E-state index in [1.165, 1.54) is 4.90 Å². The fourth-order valence-corrected chi connectivity index (χ4v) is 2.53. The molecule has 4 nitrogen and oxygen atoms in total. The fraction of sp³-hybridized carbons (Fsp3) is 0.0588. The third-order valence-electron chi connectivity index (χ3n) is 3.50. The smallest absolute Gasteiger partial charge is 0.261 e. The Labute approximate surface area is 136 Å². The van der Waals surface area contributed by atoms with Crippen LogP contribution in [-0.4, -0.2) is 23.0 Å². The molecule has 110 valence electrons. The Morgan fingerprint density at radius 1 is 1.14 bits per heavy atom. The van der Waals surface area contributed by atoms with Crippen LogP contribution in [0.15, 0.2) is 59.2 Å². The number of amides is 1. The van der Waals surface area contributed by atoms with Gasteiger partial charge < -0.3 is 10.0 Å². The van der Waals surface area contributed by atoms with Gasteiger partial charge in [-0.3, -0.25) is 9.78 Å². The number of hydrogen-bond acceptors (Lipinski definition) is 3. The van der Waals surface area contributed by atoms with Gasteiger partial charge in [0.25, 0.3) is 5.91 Å². The van der Waals surface area contributed by atoms with Crippen LogP contribution in [0.3, 0.4) is 0 Å². The van der Waals surface area contributed by atoms with Gasteiger partial charge in [-0.2, -0.15) is 0 Å². The first-order valence-corrected chi connectivity index (χ1v) is 7.47. The summed E-state index contributed by atoms with van der Waals surface area (Å²) in [7, 11) is 1.67. The molecule has 0 aliphatic rings. The van der Waals surface area contributed by atoms with Crippen molar-refractivity contribution in [3.63, 3.8) is 0 Å². The van der Waals surface area contributed by atoms with Gasteiger partial charge in [-0.25, -0.2) is 0 Å². The highest BCUT2D eigenvalue weighted by Crippen LogP contribution is 2.29. The molecule has 3 rings (SSSR count). The normalized spacial score (nSPS) is 10.6. The molecule has 0 unspecified atom stereocenters. The topological polar surface area (TPSA) is 53.4 Å². The van der Waals surface area contributed by atoms with Gasteiger partial charge in [0, 0.05) is 28.8 Å². The standard InChI is InChI=1S/C17H13BrN2O2/c1-20(13-7-5-12(18)6-8-13)17(22)14-9-4-11-3-2-10-19-15(11)16(14)21/h2-10,21H,1H3. The molecular weight excluding hydrogens is 344 g/mol. The van der Waals surface area contributed by atoms with E-state index in [9.17, 15) is 9.90 Å². The Kier molecular flexibility index (Phi) is 3.81. The molecule has 0 aliphatic carbocycles. The zero-order valence-electron chi connectivity index (χ0n) is 11.8. The maximum atomic E-state index is 12.6. The van der Waals surface area contributed by atoms with Gasteiger partial charge in [-0.1, -0.05) is 28.1 Å². The molecule has 1 heterocycles. The molecule has 0 saturated carbocycles. The van der Waals surface area contributed by atoms with E-state index in [2.05, 4.69) is 20.9 Å². The number of pyridine rings is 1. The van der Waals surface area contributed by atoms with Gasteiger partial charge in [0.15, 0.2) is 5.75 Å². The zero-order valence-corrected chi connectivity index (χ0v) is 13.4. The third-order valence-corrected chi connectivity index (χ3v) is 4.03. The lowest BCUT2D eigenvalue weighted by Crippen LogP contribution is -2.26. The lowest BCUT2D eigenvalue weighted by atomic mass is 10.1. The highest BCUT2D eigenvalue weighted by atomic mass is 79.9. The van der Waals surface area contributed by atoms with Crippen molar-refractivity contribution >= 4 is 38.4 Å². The molecule has 1 N–H and O–H groups in total. The Bertz CT molecular complexity index is 847. The summed E-state index contributed by atoms with van der Waals surface area (Å²) >= 11 is 3.36. The lowest BCUT2D eigenvalue weighted by Gasteiger charge is -2.18. The van der Waals surface area contributed by atoms with E-state index in [1.807, 2.05) is 30.3 Å². The second-order valence-corrected chi connectivity index (χ2v) is 5.79. The Hall–Kier alpha value is -2.40. The number of aromatic nitrogens is 1. The van der Waals surface area contributed by atoms with Crippen molar-refractivity contribution in [1.29, 1.82) is 0 Å². The quantitative estimate of drug-likeness (QED) is 0.755. The minimum Gasteiger partial charge on any atom is -0.505 e. The number of fused-ring (bicyclic) bond motifs is 1. The van der Waals surface area contributed by atoms with Crippen LogP contribution in [-0.2, 0) is 0 Å². The molecule has 0 atom stereocenters. The molecule has 2 aromatic carbocycles. The van der Waals surface area contributed by atoms with Gasteiger partial charge in [-0.05, 0) is 36.4 Å². The SMILES string of the molecule is CN(C(=O)c1ccc2cccnc2c1O)c1ccc(Br)cc1. The summed E-state index contributed by atoms with van der Waals surface area (Å²) in [4.78, 5) is 18.3. The van der Waals surface area contributed by atoms with E-state index in [0.29, 0.717) is 5.52 Å². The van der Waals surface area contributed by atoms with E-state index in [4.69, 9.17) is 0 Å². The largest absolute Gasteiger partial charge is 0.505 e. The van der Waals surface area contributed by atoms with E-state index in [1.54, 1.807) is 31.4 Å². The number of nitrogens with zero attached hydrogens (tertiary/aromatic N) is 2. The molecular formula is C17H13BrN2O2. The van der Waals surface area contributed by atoms with Crippen LogP contribution in [0.4, 0.5) is 5.69 Å². The van der Waals surface area contributed by atoms with Crippen molar-refractivity contribution < 1.29 is 9.90 Å². The molecule has 0 saturated heterocycles. The second-order valence-electron chi connectivity index (χ2n) is 4.88. The van der Waals surface area contributed by atoms with Gasteiger partial charge in [-0.15, -0.1) is 0 Å². The molecule has 5 heteroatoms. The van der Waals surface area contributed by atoms with Crippen molar-refractivity contribution in [2.45, 2.75) is 0 Å². The van der Waals surface area contributed by atoms with Gasteiger partial charge in [0.1, 0.15) is 5.52 Å². The van der Waals surface area contributed by atoms with Crippen LogP contribution in [0.2, 0.25) is 0 Å². The number of hydrogen-bond donors (Lipinski definition) is 1. The Balaban J connectivity index is 2.01. The molecule has 22 heavy (non-hydrogen) atoms. The van der Waals surface area contributed by atoms with E-state index >= 15 is 0 Å². The van der Waals surface area contributed by atoms with Crippen molar-refractivity contribution in [2.24, 2.45) is 0 Å². The van der Waals surface area contributed by atoms with E-state index < -0.39 is 0 Å². The monoisotopic (exact) mass is 356 g/mol. The Morgan fingerprint density at radius 3 is 2.59 bits per heavy atom. The first-order valence-electron chi connectivity index (χ1n) is 6.68. The van der Waals surface area contributed by atoms with Crippen LogP contribution in [0.1, 0.15) is 10.4 Å². The molecule has 0 radical (unpaired) electrons. The number of halogens is 1. The summed E-state index contributed by atoms with van der Waals surface area (Å²) in [5.41, 5.74) is 1.41. The third kappa shape index (κ3) is 2.55. The average molecular weight is 357 g/mol. The Morgan fingerprint density at radius 2 is 1.86 bits per heavy atom. The predicted octanol–water partition coefficient (Wildman–Crippen LogP) is 3.98. The first kappa shape index (κ1) is 14.5. The average Bonchev–Trinajstić information content (AvgIpc) is 2.55. The summed E-state index contributed by atoms with van der Waals surface area (Å²) < 4.78 is 0.940. The molecule has 0 bridgehead atoms. The highest BCUT2D eigenvalue weighted by Gasteiger charge is 2.19. The number of phenols is 1. The predicted molar refractivity (Wildman–Crippen MR) is 90.3 cm³/mol. The second kappa shape index (κ2) is 5.77. The zero-order chi connectivity index (χ0) is 15.7. The summed E-state index contributed by atoms with van der Waals surface area (Å²) in [5, 5.41) is 11.1. The van der Waals surface area contributed by atoms with E-state index in [-0.39, 0.29) is 17.2 Å². The van der Waals surface area contributed by atoms with Gasteiger partial charge in [0.2, 0.25) is 0 Å². The minimum absolute atomic E-state index is 0.0907. The first-order chi connectivity index (χ1) is 10.6. The number of carbonyl (C=O) groups excluding carboxylic acids is 1. The molecule has 0 aliphatic heterocycles. The van der Waals surface area contributed by atoms with Crippen molar-refractivity contribution in [2.75, 3.05) is 11.9 Å². The van der Waals surface area contributed by atoms with Gasteiger partial charge in [0.05, 0.1) is 5.56 Å². The maximum absolute atomic E-state index is 12.6.